The van der Waals surface area contributed by atoms with Crippen LogP contribution in [0.15, 0.2) is 48.7 Å². The Morgan fingerprint density at radius 1 is 1.23 bits per heavy atom. The molecule has 11 heteroatoms. The van der Waals surface area contributed by atoms with E-state index in [1.54, 1.807) is 0 Å². The number of nitrogens with zero attached hydrogens (tertiary/aromatic N) is 3. The van der Waals surface area contributed by atoms with Gasteiger partial charge in [-0.15, -0.1) is 0 Å². The van der Waals surface area contributed by atoms with Gasteiger partial charge in [0.25, 0.3) is 11.6 Å². The zero-order valence-corrected chi connectivity index (χ0v) is 16.4. The Morgan fingerprint density at radius 3 is 2.61 bits per heavy atom. The van der Waals surface area contributed by atoms with Gasteiger partial charge in [-0.25, -0.2) is 4.68 Å². The molecule has 7 nitrogen and oxygen atoms in total. The Kier molecular flexibility index (Phi) is 5.18. The third-order valence-electron chi connectivity index (χ3n) is 4.83. The first-order valence-electron chi connectivity index (χ1n) is 9.16. The highest BCUT2D eigenvalue weighted by Gasteiger charge is 2.34. The van der Waals surface area contributed by atoms with Crippen molar-refractivity contribution in [2.45, 2.75) is 24.9 Å². The summed E-state index contributed by atoms with van der Waals surface area (Å²) in [7, 11) is 0. The van der Waals surface area contributed by atoms with E-state index in [-0.39, 0.29) is 33.6 Å². The second kappa shape index (κ2) is 7.69. The normalized spacial score (nSPS) is 13.8. The zero-order valence-electron chi connectivity index (χ0n) is 15.7. The van der Waals surface area contributed by atoms with Crippen LogP contribution in [0.1, 0.15) is 40.4 Å². The molecule has 160 valence electrons. The standard InChI is InChI=1S/C20H14ClF3N4O3/c21-16-7-6-13(9-17(16)28(30)31)26-19(29)15-10-25-27(18(15)11-4-5-11)14-3-1-2-12(8-14)20(22,23)24/h1-3,6-11H,4-5H2,(H,26,29). The van der Waals surface area contributed by atoms with Gasteiger partial charge < -0.3 is 5.32 Å². The van der Waals surface area contributed by atoms with Crippen LogP contribution in [0.5, 0.6) is 0 Å². The molecule has 1 aromatic heterocycles. The molecule has 1 N–H and O–H groups in total. The number of halogens is 4. The number of nitro benzene ring substituents is 1. The Morgan fingerprint density at radius 2 is 1.97 bits per heavy atom. The lowest BCUT2D eigenvalue weighted by atomic mass is 10.1. The molecule has 3 aromatic rings. The highest BCUT2D eigenvalue weighted by atomic mass is 35.5. The molecule has 0 aliphatic heterocycles. The van der Waals surface area contributed by atoms with E-state index in [9.17, 15) is 28.1 Å². The summed E-state index contributed by atoms with van der Waals surface area (Å²) in [6, 6.07) is 8.55. The molecule has 0 bridgehead atoms. The van der Waals surface area contributed by atoms with Crippen LogP contribution in [-0.2, 0) is 6.18 Å². The number of nitro groups is 1. The number of anilines is 1. The van der Waals surface area contributed by atoms with Crippen molar-refractivity contribution in [3.63, 3.8) is 0 Å². The number of hydrogen-bond donors (Lipinski definition) is 1. The van der Waals surface area contributed by atoms with Crippen molar-refractivity contribution in [2.75, 3.05) is 5.32 Å². The molecule has 0 radical (unpaired) electrons. The Hall–Kier alpha value is -3.40. The minimum absolute atomic E-state index is 0.0163. The lowest BCUT2D eigenvalue weighted by molar-refractivity contribution is -0.384. The van der Waals surface area contributed by atoms with Gasteiger partial charge in [0, 0.05) is 17.7 Å². The molecule has 1 saturated carbocycles. The Bertz CT molecular complexity index is 1190. The molecule has 2 aromatic carbocycles. The molecule has 0 unspecified atom stereocenters. The topological polar surface area (TPSA) is 90.1 Å². The van der Waals surface area contributed by atoms with Crippen molar-refractivity contribution in [2.24, 2.45) is 0 Å². The summed E-state index contributed by atoms with van der Waals surface area (Å²) in [6.07, 6.45) is -1.67. The fourth-order valence-electron chi connectivity index (χ4n) is 3.23. The van der Waals surface area contributed by atoms with Crippen molar-refractivity contribution in [3.05, 3.63) is 80.6 Å². The third-order valence-corrected chi connectivity index (χ3v) is 5.15. The minimum Gasteiger partial charge on any atom is -0.322 e. The van der Waals surface area contributed by atoms with E-state index in [0.717, 1.165) is 31.0 Å². The number of nitrogens with one attached hydrogen (secondary N) is 1. The Labute approximate surface area is 178 Å². The molecule has 0 spiro atoms. The van der Waals surface area contributed by atoms with Gasteiger partial charge >= 0.3 is 6.18 Å². The number of alkyl halides is 3. The first-order valence-corrected chi connectivity index (χ1v) is 9.54. The number of benzene rings is 2. The smallest absolute Gasteiger partial charge is 0.322 e. The van der Waals surface area contributed by atoms with Crippen LogP contribution >= 0.6 is 11.6 Å². The predicted octanol–water partition coefficient (Wildman–Crippen LogP) is 5.58. The predicted molar refractivity (Wildman–Crippen MR) is 107 cm³/mol. The lowest BCUT2D eigenvalue weighted by Crippen LogP contribution is -2.14. The van der Waals surface area contributed by atoms with Gasteiger partial charge in [0.1, 0.15) is 5.02 Å². The first kappa shape index (κ1) is 20.9. The van der Waals surface area contributed by atoms with Gasteiger partial charge in [0.05, 0.1) is 33.6 Å². The number of carbonyl (C=O) groups excluding carboxylic acids is 1. The van der Waals surface area contributed by atoms with Gasteiger partial charge in [-0.1, -0.05) is 17.7 Å². The number of hydrogen-bond acceptors (Lipinski definition) is 4. The fourth-order valence-corrected chi connectivity index (χ4v) is 3.42. The van der Waals surface area contributed by atoms with Gasteiger partial charge in [-0.3, -0.25) is 14.9 Å². The number of rotatable bonds is 5. The molecule has 1 heterocycles. The number of amides is 1. The molecule has 1 fully saturated rings. The van der Waals surface area contributed by atoms with E-state index < -0.39 is 22.6 Å². The molecule has 1 aliphatic carbocycles. The molecule has 31 heavy (non-hydrogen) atoms. The second-order valence-corrected chi connectivity index (χ2v) is 7.46. The van der Waals surface area contributed by atoms with Crippen LogP contribution in [0.2, 0.25) is 5.02 Å². The first-order chi connectivity index (χ1) is 14.6. The maximum Gasteiger partial charge on any atom is 0.416 e. The molecular weight excluding hydrogens is 437 g/mol. The molecule has 0 atom stereocenters. The average Bonchev–Trinajstić information content (AvgIpc) is 3.46. The summed E-state index contributed by atoms with van der Waals surface area (Å²) in [6.45, 7) is 0. The van der Waals surface area contributed by atoms with Crippen LogP contribution in [-0.4, -0.2) is 20.6 Å². The van der Waals surface area contributed by atoms with E-state index in [1.807, 2.05) is 0 Å². The summed E-state index contributed by atoms with van der Waals surface area (Å²) in [5, 5.41) is 17.7. The van der Waals surface area contributed by atoms with Crippen LogP contribution in [0.3, 0.4) is 0 Å². The van der Waals surface area contributed by atoms with Crippen LogP contribution in [0, 0.1) is 10.1 Å². The lowest BCUT2D eigenvalue weighted by Gasteiger charge is -2.12. The Balaban J connectivity index is 1.68. The highest BCUT2D eigenvalue weighted by molar-refractivity contribution is 6.32. The molecule has 0 saturated heterocycles. The zero-order chi connectivity index (χ0) is 22.3. The van der Waals surface area contributed by atoms with Gasteiger partial charge in [0.15, 0.2) is 0 Å². The maximum absolute atomic E-state index is 13.1. The van der Waals surface area contributed by atoms with E-state index in [0.29, 0.717) is 5.69 Å². The summed E-state index contributed by atoms with van der Waals surface area (Å²) in [5.41, 5.74) is -0.131. The van der Waals surface area contributed by atoms with E-state index >= 15 is 0 Å². The third kappa shape index (κ3) is 4.24. The van der Waals surface area contributed by atoms with E-state index in [4.69, 9.17) is 11.6 Å². The van der Waals surface area contributed by atoms with Crippen molar-refractivity contribution < 1.29 is 22.9 Å². The van der Waals surface area contributed by atoms with Crippen molar-refractivity contribution in [1.82, 2.24) is 9.78 Å². The monoisotopic (exact) mass is 450 g/mol. The fraction of sp³-hybridized carbons (Fsp3) is 0.200. The number of aromatic nitrogens is 2. The molecule has 1 amide bonds. The quantitative estimate of drug-likeness (QED) is 0.405. The van der Waals surface area contributed by atoms with Gasteiger partial charge in [-0.05, 0) is 43.2 Å². The largest absolute Gasteiger partial charge is 0.416 e. The summed E-state index contributed by atoms with van der Waals surface area (Å²) < 4.78 is 40.6. The summed E-state index contributed by atoms with van der Waals surface area (Å²) in [5.74, 6) is -0.589. The van der Waals surface area contributed by atoms with Crippen molar-refractivity contribution in [3.8, 4) is 5.69 Å². The van der Waals surface area contributed by atoms with Crippen LogP contribution in [0.25, 0.3) is 5.69 Å². The maximum atomic E-state index is 13.1. The van der Waals surface area contributed by atoms with Gasteiger partial charge in [-0.2, -0.15) is 18.3 Å². The molecule has 4 rings (SSSR count). The summed E-state index contributed by atoms with van der Waals surface area (Å²) in [4.78, 5) is 23.2. The minimum atomic E-state index is -4.51. The highest BCUT2D eigenvalue weighted by Crippen LogP contribution is 2.43. The summed E-state index contributed by atoms with van der Waals surface area (Å²) >= 11 is 5.79. The van der Waals surface area contributed by atoms with Crippen molar-refractivity contribution >= 4 is 28.9 Å². The second-order valence-electron chi connectivity index (χ2n) is 7.06. The van der Waals surface area contributed by atoms with Crippen molar-refractivity contribution in [1.29, 1.82) is 0 Å². The van der Waals surface area contributed by atoms with Crippen LogP contribution in [0.4, 0.5) is 24.5 Å². The molecular formula is C20H14ClF3N4O3. The van der Waals surface area contributed by atoms with E-state index in [2.05, 4.69) is 10.4 Å². The SMILES string of the molecule is O=C(Nc1ccc(Cl)c([N+](=O)[O-])c1)c1cnn(-c2cccc(C(F)(F)F)c2)c1C1CC1. The average molecular weight is 451 g/mol. The number of carbonyl (C=O) groups is 1. The van der Waals surface area contributed by atoms with Gasteiger partial charge in [0.2, 0.25) is 0 Å². The van der Waals surface area contributed by atoms with E-state index in [1.165, 1.54) is 35.1 Å². The van der Waals surface area contributed by atoms with Crippen LogP contribution < -0.4 is 5.32 Å². The molecule has 1 aliphatic rings.